The maximum atomic E-state index is 13.0. The maximum absolute atomic E-state index is 13.0. The van der Waals surface area contributed by atoms with Crippen molar-refractivity contribution in [2.75, 3.05) is 7.05 Å². The lowest BCUT2D eigenvalue weighted by molar-refractivity contribution is 0.444. The summed E-state index contributed by atoms with van der Waals surface area (Å²) in [5, 5.41) is 3.50. The van der Waals surface area contributed by atoms with Gasteiger partial charge in [0.1, 0.15) is 17.3 Å². The summed E-state index contributed by atoms with van der Waals surface area (Å²) in [4.78, 5) is 0. The third-order valence-corrected chi connectivity index (χ3v) is 2.94. The van der Waals surface area contributed by atoms with Crippen molar-refractivity contribution in [1.82, 2.24) is 5.32 Å². The van der Waals surface area contributed by atoms with Gasteiger partial charge in [0, 0.05) is 5.02 Å². The van der Waals surface area contributed by atoms with Crippen LogP contribution in [0.15, 0.2) is 34.7 Å². The first-order chi connectivity index (χ1) is 8.11. The van der Waals surface area contributed by atoms with Gasteiger partial charge < -0.3 is 9.73 Å². The summed E-state index contributed by atoms with van der Waals surface area (Å²) in [6.07, 6.45) is 0. The van der Waals surface area contributed by atoms with E-state index in [4.69, 9.17) is 16.0 Å². The molecular formula is C13H13ClFNO. The fraction of sp³-hybridized carbons (Fsp3) is 0.231. The van der Waals surface area contributed by atoms with Crippen LogP contribution in [0.25, 0.3) is 0 Å². The minimum atomic E-state index is -0.343. The van der Waals surface area contributed by atoms with Crippen molar-refractivity contribution in [3.63, 3.8) is 0 Å². The van der Waals surface area contributed by atoms with Crippen molar-refractivity contribution in [1.29, 1.82) is 0 Å². The highest BCUT2D eigenvalue weighted by Crippen LogP contribution is 2.29. The van der Waals surface area contributed by atoms with E-state index in [1.165, 1.54) is 12.1 Å². The van der Waals surface area contributed by atoms with Crippen molar-refractivity contribution in [2.24, 2.45) is 0 Å². The third-order valence-electron chi connectivity index (χ3n) is 2.61. The van der Waals surface area contributed by atoms with Crippen LogP contribution in [0.1, 0.15) is 23.1 Å². The average Bonchev–Trinajstić information content (AvgIpc) is 2.69. The molecular weight excluding hydrogens is 241 g/mol. The monoisotopic (exact) mass is 253 g/mol. The van der Waals surface area contributed by atoms with E-state index in [9.17, 15) is 4.39 Å². The highest BCUT2D eigenvalue weighted by Gasteiger charge is 2.18. The van der Waals surface area contributed by atoms with Crippen LogP contribution in [0.5, 0.6) is 0 Å². The lowest BCUT2D eigenvalue weighted by Crippen LogP contribution is -2.17. The van der Waals surface area contributed by atoms with Gasteiger partial charge in [0.2, 0.25) is 0 Å². The first-order valence-electron chi connectivity index (χ1n) is 5.30. The van der Waals surface area contributed by atoms with Crippen molar-refractivity contribution >= 4 is 11.6 Å². The van der Waals surface area contributed by atoms with Gasteiger partial charge in [-0.05, 0) is 43.8 Å². The number of aryl methyl sites for hydroxylation is 1. The molecule has 0 radical (unpaired) electrons. The number of hydrogen-bond donors (Lipinski definition) is 1. The van der Waals surface area contributed by atoms with E-state index < -0.39 is 0 Å². The molecule has 0 saturated heterocycles. The Kier molecular flexibility index (Phi) is 3.50. The Hall–Kier alpha value is -1.32. The Labute approximate surface area is 104 Å². The second kappa shape index (κ2) is 4.90. The predicted molar refractivity (Wildman–Crippen MR) is 65.8 cm³/mol. The minimum absolute atomic E-state index is 0.170. The van der Waals surface area contributed by atoms with Crippen LogP contribution in [-0.2, 0) is 0 Å². The molecule has 1 aromatic heterocycles. The van der Waals surface area contributed by atoms with Gasteiger partial charge in [-0.15, -0.1) is 0 Å². The molecule has 1 N–H and O–H groups in total. The second-order valence-electron chi connectivity index (χ2n) is 3.84. The average molecular weight is 254 g/mol. The summed E-state index contributed by atoms with van der Waals surface area (Å²) in [6.45, 7) is 1.88. The smallest absolute Gasteiger partial charge is 0.125 e. The van der Waals surface area contributed by atoms with Gasteiger partial charge in [-0.25, -0.2) is 4.39 Å². The maximum Gasteiger partial charge on any atom is 0.125 e. The number of halogens is 2. The molecule has 0 saturated carbocycles. The Morgan fingerprint density at radius 1 is 1.29 bits per heavy atom. The fourth-order valence-electron chi connectivity index (χ4n) is 1.80. The van der Waals surface area contributed by atoms with Gasteiger partial charge in [0.25, 0.3) is 0 Å². The number of benzene rings is 1. The van der Waals surface area contributed by atoms with E-state index >= 15 is 0 Å². The van der Waals surface area contributed by atoms with Crippen molar-refractivity contribution in [3.05, 3.63) is 58.3 Å². The molecule has 90 valence electrons. The van der Waals surface area contributed by atoms with Gasteiger partial charge in [0.05, 0.1) is 6.04 Å². The Morgan fingerprint density at radius 3 is 2.59 bits per heavy atom. The lowest BCUT2D eigenvalue weighted by atomic mass is 10.0. The number of hydrogen-bond acceptors (Lipinski definition) is 2. The summed E-state index contributed by atoms with van der Waals surface area (Å²) < 4.78 is 18.6. The van der Waals surface area contributed by atoms with Crippen molar-refractivity contribution in [3.8, 4) is 0 Å². The molecule has 1 atom stereocenters. The molecule has 1 aromatic carbocycles. The van der Waals surface area contributed by atoms with Crippen LogP contribution in [0.2, 0.25) is 5.02 Å². The SMILES string of the molecule is CNC(c1ccc(C)o1)c1ccc(F)cc1Cl. The standard InChI is InChI=1S/C13H13ClFNO/c1-8-3-6-12(17-8)13(16-2)10-5-4-9(15)7-11(10)14/h3-7,13,16H,1-2H3. The summed E-state index contributed by atoms with van der Waals surface area (Å²) in [5.74, 6) is 1.25. The molecule has 1 unspecified atom stereocenters. The van der Waals surface area contributed by atoms with Crippen LogP contribution in [0.4, 0.5) is 4.39 Å². The van der Waals surface area contributed by atoms with E-state index in [1.54, 1.807) is 6.07 Å². The first-order valence-corrected chi connectivity index (χ1v) is 5.68. The number of furan rings is 1. The third kappa shape index (κ3) is 2.51. The van der Waals surface area contributed by atoms with E-state index in [1.807, 2.05) is 26.1 Å². The second-order valence-corrected chi connectivity index (χ2v) is 4.24. The van der Waals surface area contributed by atoms with Gasteiger partial charge in [-0.2, -0.15) is 0 Å². The molecule has 2 rings (SSSR count). The van der Waals surface area contributed by atoms with Crippen molar-refractivity contribution in [2.45, 2.75) is 13.0 Å². The Bertz CT molecular complexity index is 524. The molecule has 0 aliphatic heterocycles. The van der Waals surface area contributed by atoms with Crippen molar-refractivity contribution < 1.29 is 8.81 Å². The first kappa shape index (κ1) is 12.1. The highest BCUT2D eigenvalue weighted by atomic mass is 35.5. The fourth-order valence-corrected chi connectivity index (χ4v) is 2.07. The normalized spacial score (nSPS) is 12.7. The van der Waals surface area contributed by atoms with Gasteiger partial charge in [0.15, 0.2) is 0 Å². The summed E-state index contributed by atoms with van der Waals surface area (Å²) in [5.41, 5.74) is 0.796. The van der Waals surface area contributed by atoms with E-state index in [2.05, 4.69) is 5.32 Å². The predicted octanol–water partition coefficient (Wildman–Crippen LogP) is 3.69. The van der Waals surface area contributed by atoms with Crippen LogP contribution >= 0.6 is 11.6 Å². The molecule has 2 aromatic rings. The minimum Gasteiger partial charge on any atom is -0.464 e. The largest absolute Gasteiger partial charge is 0.464 e. The zero-order valence-electron chi connectivity index (χ0n) is 9.63. The van der Waals surface area contributed by atoms with E-state index in [0.717, 1.165) is 17.1 Å². The van der Waals surface area contributed by atoms with Gasteiger partial charge in [-0.3, -0.25) is 0 Å². The quantitative estimate of drug-likeness (QED) is 0.903. The molecule has 0 aliphatic carbocycles. The Balaban J connectivity index is 2.42. The molecule has 2 nitrogen and oxygen atoms in total. The molecule has 4 heteroatoms. The summed E-state index contributed by atoms with van der Waals surface area (Å²) in [7, 11) is 1.81. The number of nitrogens with one attached hydrogen (secondary N) is 1. The van der Waals surface area contributed by atoms with E-state index in [-0.39, 0.29) is 11.9 Å². The molecule has 0 fully saturated rings. The van der Waals surface area contributed by atoms with Crippen LogP contribution < -0.4 is 5.32 Å². The zero-order chi connectivity index (χ0) is 12.4. The van der Waals surface area contributed by atoms with Gasteiger partial charge in [-0.1, -0.05) is 17.7 Å². The molecule has 17 heavy (non-hydrogen) atoms. The highest BCUT2D eigenvalue weighted by molar-refractivity contribution is 6.31. The lowest BCUT2D eigenvalue weighted by Gasteiger charge is -2.15. The number of rotatable bonds is 3. The molecule has 0 spiro atoms. The molecule has 0 aliphatic rings. The molecule has 0 bridgehead atoms. The van der Waals surface area contributed by atoms with Gasteiger partial charge >= 0.3 is 0 Å². The van der Waals surface area contributed by atoms with Crippen LogP contribution in [0.3, 0.4) is 0 Å². The summed E-state index contributed by atoms with van der Waals surface area (Å²) in [6, 6.07) is 7.96. The van der Waals surface area contributed by atoms with Crippen LogP contribution in [-0.4, -0.2) is 7.05 Å². The van der Waals surface area contributed by atoms with E-state index in [0.29, 0.717) is 5.02 Å². The molecule has 1 heterocycles. The van der Waals surface area contributed by atoms with Crippen LogP contribution in [0, 0.1) is 12.7 Å². The zero-order valence-corrected chi connectivity index (χ0v) is 10.4. The molecule has 0 amide bonds. The topological polar surface area (TPSA) is 25.2 Å². The Morgan fingerprint density at radius 2 is 2.06 bits per heavy atom. The summed E-state index contributed by atoms with van der Waals surface area (Å²) >= 11 is 6.04.